The zero-order valence-electron chi connectivity index (χ0n) is 15.8. The first-order valence-electron chi connectivity index (χ1n) is 8.92. The van der Waals surface area contributed by atoms with Crippen molar-refractivity contribution in [1.29, 1.82) is 0 Å². The predicted octanol–water partition coefficient (Wildman–Crippen LogP) is -0.937. The lowest BCUT2D eigenvalue weighted by atomic mass is 9.94. The third-order valence-electron chi connectivity index (χ3n) is 4.59. The number of hydrogen-bond acceptors (Lipinski definition) is 9. The molecule has 2 unspecified atom stereocenters. The van der Waals surface area contributed by atoms with E-state index in [0.29, 0.717) is 6.42 Å². The summed E-state index contributed by atoms with van der Waals surface area (Å²) < 4.78 is 15.4. The van der Waals surface area contributed by atoms with Crippen LogP contribution in [0.5, 0.6) is 0 Å². The molecule has 0 saturated carbocycles. The first kappa shape index (κ1) is 22.8. The van der Waals surface area contributed by atoms with E-state index in [1.807, 2.05) is 6.92 Å². The maximum atomic E-state index is 12.3. The summed E-state index contributed by atoms with van der Waals surface area (Å²) >= 11 is 0. The highest BCUT2D eigenvalue weighted by molar-refractivity contribution is 5.82. The van der Waals surface area contributed by atoms with Gasteiger partial charge in [0.05, 0.1) is 32.3 Å². The number of esters is 2. The lowest BCUT2D eigenvalue weighted by molar-refractivity contribution is -0.191. The summed E-state index contributed by atoms with van der Waals surface area (Å²) in [6.07, 6.45) is -4.21. The first-order chi connectivity index (χ1) is 12.2. The molecule has 26 heavy (non-hydrogen) atoms. The van der Waals surface area contributed by atoms with Gasteiger partial charge in [0.25, 0.3) is 0 Å². The van der Waals surface area contributed by atoms with Crippen LogP contribution < -0.4 is 0 Å². The number of nitrogens with zero attached hydrogens (tertiary/aromatic N) is 1. The molecule has 3 N–H and O–H groups in total. The highest BCUT2D eigenvalue weighted by Gasteiger charge is 2.39. The summed E-state index contributed by atoms with van der Waals surface area (Å²) in [5, 5.41) is 29.4. The number of aliphatic hydroxyl groups excluding tert-OH is 3. The molecule has 9 nitrogen and oxygen atoms in total. The summed E-state index contributed by atoms with van der Waals surface area (Å²) in [6, 6.07) is -1.11. The minimum Gasteiger partial charge on any atom is -0.466 e. The van der Waals surface area contributed by atoms with Crippen molar-refractivity contribution in [3.05, 3.63) is 0 Å². The fourth-order valence-corrected chi connectivity index (χ4v) is 2.89. The molecular weight excluding hydrogens is 346 g/mol. The van der Waals surface area contributed by atoms with Crippen molar-refractivity contribution in [1.82, 2.24) is 4.90 Å². The molecule has 0 aromatic rings. The fraction of sp³-hybridized carbons (Fsp3) is 0.882. The fourth-order valence-electron chi connectivity index (χ4n) is 2.89. The van der Waals surface area contributed by atoms with Gasteiger partial charge >= 0.3 is 11.9 Å². The molecule has 6 atom stereocenters. The van der Waals surface area contributed by atoms with Gasteiger partial charge < -0.3 is 29.5 Å². The third kappa shape index (κ3) is 6.17. The number of likely N-dealkylation sites (N-methyl/N-ethyl adjacent to an activating group) is 1. The van der Waals surface area contributed by atoms with Crippen LogP contribution in [0.1, 0.15) is 33.6 Å². The number of hydrogen-bond donors (Lipinski definition) is 3. The average molecular weight is 377 g/mol. The molecule has 0 amide bonds. The molecule has 1 aliphatic rings. The van der Waals surface area contributed by atoms with Gasteiger partial charge in [-0.2, -0.15) is 0 Å². The SMILES string of the molecule is CCOC(=O)C[C@@H](C(=O)OCC)N(C)C(C)CC1OC[C@@H](O)[C@H](O)[C@H]1O. The van der Waals surface area contributed by atoms with E-state index in [1.165, 1.54) is 0 Å². The standard InChI is InChI=1S/C17H31NO8/c1-5-24-14(20)8-11(17(23)25-6-2)18(4)10(3)7-13-16(22)15(21)12(19)9-26-13/h10-13,15-16,19,21-22H,5-9H2,1-4H3/t10?,11-,12+,13?,15-,16-/m0/s1. The van der Waals surface area contributed by atoms with E-state index in [4.69, 9.17) is 14.2 Å². The van der Waals surface area contributed by atoms with Gasteiger partial charge in [-0.15, -0.1) is 0 Å². The molecule has 0 bridgehead atoms. The molecule has 0 aromatic carbocycles. The second kappa shape index (κ2) is 10.8. The molecule has 0 aliphatic carbocycles. The van der Waals surface area contributed by atoms with Crippen LogP contribution in [0.15, 0.2) is 0 Å². The van der Waals surface area contributed by atoms with E-state index >= 15 is 0 Å². The van der Waals surface area contributed by atoms with Gasteiger partial charge in [-0.25, -0.2) is 0 Å². The molecule has 1 heterocycles. The molecule has 1 aliphatic heterocycles. The van der Waals surface area contributed by atoms with Crippen LogP contribution in [0.4, 0.5) is 0 Å². The average Bonchev–Trinajstić information content (AvgIpc) is 2.60. The van der Waals surface area contributed by atoms with Crippen molar-refractivity contribution in [2.24, 2.45) is 0 Å². The van der Waals surface area contributed by atoms with Crippen molar-refractivity contribution < 1.29 is 39.1 Å². The molecule has 152 valence electrons. The number of aliphatic hydroxyl groups is 3. The van der Waals surface area contributed by atoms with Gasteiger partial charge in [-0.05, 0) is 34.2 Å². The van der Waals surface area contributed by atoms with E-state index in [9.17, 15) is 24.9 Å². The molecule has 0 radical (unpaired) electrons. The Morgan fingerprint density at radius 1 is 1.15 bits per heavy atom. The Balaban J connectivity index is 2.76. The quantitative estimate of drug-likeness (QED) is 0.437. The normalized spacial score (nSPS) is 28.5. The second-order valence-corrected chi connectivity index (χ2v) is 6.45. The Hall–Kier alpha value is -1.26. The van der Waals surface area contributed by atoms with Gasteiger partial charge in [0, 0.05) is 6.04 Å². The molecule has 1 fully saturated rings. The van der Waals surface area contributed by atoms with Crippen LogP contribution in [0.25, 0.3) is 0 Å². The summed E-state index contributed by atoms with van der Waals surface area (Å²) in [7, 11) is 1.67. The number of ether oxygens (including phenoxy) is 3. The highest BCUT2D eigenvalue weighted by Crippen LogP contribution is 2.22. The first-order valence-corrected chi connectivity index (χ1v) is 8.92. The predicted molar refractivity (Wildman–Crippen MR) is 91.3 cm³/mol. The largest absolute Gasteiger partial charge is 0.466 e. The second-order valence-electron chi connectivity index (χ2n) is 6.45. The Morgan fingerprint density at radius 3 is 2.35 bits per heavy atom. The lowest BCUT2D eigenvalue weighted by Gasteiger charge is -2.39. The van der Waals surface area contributed by atoms with Crippen LogP contribution in [-0.2, 0) is 23.8 Å². The van der Waals surface area contributed by atoms with E-state index in [2.05, 4.69) is 0 Å². The van der Waals surface area contributed by atoms with Crippen LogP contribution in [0, 0.1) is 0 Å². The lowest BCUT2D eigenvalue weighted by Crippen LogP contribution is -2.55. The van der Waals surface area contributed by atoms with Gasteiger partial charge in [-0.3, -0.25) is 14.5 Å². The van der Waals surface area contributed by atoms with Gasteiger partial charge in [-0.1, -0.05) is 0 Å². The van der Waals surface area contributed by atoms with E-state index in [-0.39, 0.29) is 32.3 Å². The number of carbonyl (C=O) groups excluding carboxylic acids is 2. The molecule has 9 heteroatoms. The molecular formula is C17H31NO8. The van der Waals surface area contributed by atoms with Gasteiger partial charge in [0.15, 0.2) is 0 Å². The maximum Gasteiger partial charge on any atom is 0.323 e. The highest BCUT2D eigenvalue weighted by atomic mass is 16.5. The Labute approximate surface area is 153 Å². The topological polar surface area (TPSA) is 126 Å². The smallest absolute Gasteiger partial charge is 0.323 e. The number of rotatable bonds is 9. The van der Waals surface area contributed by atoms with Crippen LogP contribution in [0.3, 0.4) is 0 Å². The monoisotopic (exact) mass is 377 g/mol. The summed E-state index contributed by atoms with van der Waals surface area (Å²) in [5.41, 5.74) is 0. The number of carbonyl (C=O) groups is 2. The van der Waals surface area contributed by atoms with E-state index < -0.39 is 42.4 Å². The zero-order chi connectivity index (χ0) is 19.9. The third-order valence-corrected chi connectivity index (χ3v) is 4.59. The van der Waals surface area contributed by atoms with Crippen molar-refractivity contribution >= 4 is 11.9 Å². The summed E-state index contributed by atoms with van der Waals surface area (Å²) in [4.78, 5) is 25.8. The van der Waals surface area contributed by atoms with Crippen molar-refractivity contribution in [2.75, 3.05) is 26.9 Å². The molecule has 0 aromatic heterocycles. The van der Waals surface area contributed by atoms with Crippen molar-refractivity contribution in [2.45, 2.75) is 70.1 Å². The van der Waals surface area contributed by atoms with E-state index in [1.54, 1.807) is 25.8 Å². The van der Waals surface area contributed by atoms with Crippen LogP contribution in [-0.4, -0.2) is 95.5 Å². The maximum absolute atomic E-state index is 12.3. The van der Waals surface area contributed by atoms with Crippen molar-refractivity contribution in [3.63, 3.8) is 0 Å². The van der Waals surface area contributed by atoms with Gasteiger partial charge in [0.1, 0.15) is 24.4 Å². The Bertz CT molecular complexity index is 460. The minimum atomic E-state index is -1.29. The molecule has 1 rings (SSSR count). The van der Waals surface area contributed by atoms with Crippen LogP contribution in [0.2, 0.25) is 0 Å². The summed E-state index contributed by atoms with van der Waals surface area (Å²) in [5.74, 6) is -1.03. The molecule has 0 spiro atoms. The van der Waals surface area contributed by atoms with Gasteiger partial charge in [0.2, 0.25) is 0 Å². The zero-order valence-corrected chi connectivity index (χ0v) is 15.8. The van der Waals surface area contributed by atoms with E-state index in [0.717, 1.165) is 0 Å². The summed E-state index contributed by atoms with van der Waals surface area (Å²) in [6.45, 7) is 5.51. The molecule has 1 saturated heterocycles. The Kier molecular flexibility index (Phi) is 9.45. The minimum absolute atomic E-state index is 0.0799. The van der Waals surface area contributed by atoms with Crippen molar-refractivity contribution in [3.8, 4) is 0 Å². The Morgan fingerprint density at radius 2 is 1.77 bits per heavy atom. The van der Waals surface area contributed by atoms with Crippen LogP contribution >= 0.6 is 0 Å².